The first-order valence-corrected chi connectivity index (χ1v) is 8.63. The van der Waals surface area contributed by atoms with Crippen LogP contribution < -0.4 is 10.6 Å². The van der Waals surface area contributed by atoms with Crippen molar-refractivity contribution >= 4 is 23.2 Å². The zero-order chi connectivity index (χ0) is 17.4. The minimum atomic E-state index is -0.0364. The number of benzene rings is 1. The molecule has 0 aromatic heterocycles. The third-order valence-electron chi connectivity index (χ3n) is 4.26. The van der Waals surface area contributed by atoms with Crippen LogP contribution in [0.3, 0.4) is 0 Å². The number of hydrogen-bond donors (Lipinski definition) is 2. The number of hydrogen-bond acceptors (Lipinski definition) is 4. The Kier molecular flexibility index (Phi) is 7.21. The normalized spacial score (nSPS) is 15.3. The number of amides is 2. The van der Waals surface area contributed by atoms with Crippen molar-refractivity contribution in [3.8, 4) is 0 Å². The van der Waals surface area contributed by atoms with Crippen LogP contribution in [0.25, 0.3) is 0 Å². The van der Waals surface area contributed by atoms with Gasteiger partial charge in [0.2, 0.25) is 11.8 Å². The van der Waals surface area contributed by atoms with E-state index in [-0.39, 0.29) is 17.7 Å². The SMILES string of the molecule is CCC(CC)C(=O)Nc1ccc(NC(=O)CN2CCOCC2)cc1. The summed E-state index contributed by atoms with van der Waals surface area (Å²) in [7, 11) is 0. The van der Waals surface area contributed by atoms with Crippen molar-refractivity contribution in [2.24, 2.45) is 5.92 Å². The van der Waals surface area contributed by atoms with Crippen LogP contribution in [-0.4, -0.2) is 49.6 Å². The lowest BCUT2D eigenvalue weighted by Gasteiger charge is -2.25. The van der Waals surface area contributed by atoms with Crippen molar-refractivity contribution in [3.05, 3.63) is 24.3 Å². The molecule has 1 heterocycles. The Balaban J connectivity index is 1.82. The van der Waals surface area contributed by atoms with E-state index in [1.54, 1.807) is 12.1 Å². The molecule has 0 saturated carbocycles. The molecule has 1 aliphatic heterocycles. The van der Waals surface area contributed by atoms with Crippen LogP contribution in [0.5, 0.6) is 0 Å². The van der Waals surface area contributed by atoms with E-state index in [0.29, 0.717) is 19.8 Å². The highest BCUT2D eigenvalue weighted by atomic mass is 16.5. The monoisotopic (exact) mass is 333 g/mol. The summed E-state index contributed by atoms with van der Waals surface area (Å²) in [5.41, 5.74) is 1.48. The second-order valence-corrected chi connectivity index (χ2v) is 6.02. The highest BCUT2D eigenvalue weighted by molar-refractivity contribution is 5.94. The van der Waals surface area contributed by atoms with E-state index >= 15 is 0 Å². The predicted octanol–water partition coefficient (Wildman–Crippen LogP) is 2.33. The van der Waals surface area contributed by atoms with Gasteiger partial charge in [0.25, 0.3) is 0 Å². The van der Waals surface area contributed by atoms with Gasteiger partial charge in [-0.2, -0.15) is 0 Å². The standard InChI is InChI=1S/C18H27N3O3/c1-3-14(4-2)18(23)20-16-7-5-15(6-8-16)19-17(22)13-21-9-11-24-12-10-21/h5-8,14H,3-4,9-13H2,1-2H3,(H,19,22)(H,20,23). The number of morpholine rings is 1. The fourth-order valence-corrected chi connectivity index (χ4v) is 2.70. The van der Waals surface area contributed by atoms with E-state index in [1.807, 2.05) is 26.0 Å². The van der Waals surface area contributed by atoms with Crippen molar-refractivity contribution in [1.29, 1.82) is 0 Å². The molecule has 2 amide bonds. The van der Waals surface area contributed by atoms with Gasteiger partial charge in [-0.05, 0) is 37.1 Å². The fraction of sp³-hybridized carbons (Fsp3) is 0.556. The number of rotatable bonds is 7. The van der Waals surface area contributed by atoms with Gasteiger partial charge in [-0.25, -0.2) is 0 Å². The first-order valence-electron chi connectivity index (χ1n) is 8.63. The molecular weight excluding hydrogens is 306 g/mol. The van der Waals surface area contributed by atoms with Crippen LogP contribution in [0.1, 0.15) is 26.7 Å². The second kappa shape index (κ2) is 9.39. The summed E-state index contributed by atoms with van der Waals surface area (Å²) in [5, 5.41) is 5.80. The van der Waals surface area contributed by atoms with Gasteiger partial charge in [0.15, 0.2) is 0 Å². The number of ether oxygens (including phenoxy) is 1. The lowest BCUT2D eigenvalue weighted by molar-refractivity contribution is -0.120. The molecule has 1 aliphatic rings. The van der Waals surface area contributed by atoms with Gasteiger partial charge < -0.3 is 15.4 Å². The topological polar surface area (TPSA) is 70.7 Å². The van der Waals surface area contributed by atoms with Gasteiger partial charge in [0, 0.05) is 30.4 Å². The Morgan fingerprint density at radius 2 is 1.58 bits per heavy atom. The van der Waals surface area contributed by atoms with E-state index < -0.39 is 0 Å². The molecule has 0 atom stereocenters. The fourth-order valence-electron chi connectivity index (χ4n) is 2.70. The van der Waals surface area contributed by atoms with Crippen LogP contribution >= 0.6 is 0 Å². The number of carbonyl (C=O) groups excluding carboxylic acids is 2. The van der Waals surface area contributed by atoms with Crippen LogP contribution in [0.2, 0.25) is 0 Å². The highest BCUT2D eigenvalue weighted by Crippen LogP contribution is 2.16. The molecule has 2 N–H and O–H groups in total. The summed E-state index contributed by atoms with van der Waals surface area (Å²) in [6.07, 6.45) is 1.66. The first kappa shape index (κ1) is 18.4. The van der Waals surface area contributed by atoms with Crippen LogP contribution in [-0.2, 0) is 14.3 Å². The molecule has 6 heteroatoms. The average Bonchev–Trinajstić information content (AvgIpc) is 2.58. The largest absolute Gasteiger partial charge is 0.379 e. The first-order chi connectivity index (χ1) is 11.6. The van der Waals surface area contributed by atoms with Crippen LogP contribution in [0.4, 0.5) is 11.4 Å². The second-order valence-electron chi connectivity index (χ2n) is 6.02. The number of nitrogens with zero attached hydrogens (tertiary/aromatic N) is 1. The molecule has 0 bridgehead atoms. The van der Waals surface area contributed by atoms with Crippen LogP contribution in [0, 0.1) is 5.92 Å². The molecule has 1 saturated heterocycles. The summed E-state index contributed by atoms with van der Waals surface area (Å²) >= 11 is 0. The Labute approximate surface area is 143 Å². The average molecular weight is 333 g/mol. The van der Waals surface area contributed by atoms with Gasteiger partial charge in [0.1, 0.15) is 0 Å². The highest BCUT2D eigenvalue weighted by Gasteiger charge is 2.15. The minimum Gasteiger partial charge on any atom is -0.379 e. The number of anilines is 2. The molecule has 1 aromatic rings. The molecule has 0 radical (unpaired) electrons. The van der Waals surface area contributed by atoms with E-state index in [0.717, 1.165) is 37.3 Å². The van der Waals surface area contributed by atoms with Crippen LogP contribution in [0.15, 0.2) is 24.3 Å². The van der Waals surface area contributed by atoms with E-state index in [9.17, 15) is 9.59 Å². The predicted molar refractivity (Wildman–Crippen MR) is 95.0 cm³/mol. The molecule has 1 aromatic carbocycles. The molecule has 132 valence electrons. The summed E-state index contributed by atoms with van der Waals surface area (Å²) in [4.78, 5) is 26.2. The Hall–Kier alpha value is -1.92. The molecule has 2 rings (SSSR count). The number of nitrogens with one attached hydrogen (secondary N) is 2. The summed E-state index contributed by atoms with van der Waals surface area (Å²) in [6.45, 7) is 7.33. The lowest BCUT2D eigenvalue weighted by Crippen LogP contribution is -2.41. The van der Waals surface area contributed by atoms with Crippen molar-refractivity contribution in [2.75, 3.05) is 43.5 Å². The summed E-state index contributed by atoms with van der Waals surface area (Å²) in [5.74, 6) is 0.0488. The lowest BCUT2D eigenvalue weighted by atomic mass is 10.0. The Morgan fingerprint density at radius 3 is 2.12 bits per heavy atom. The van der Waals surface area contributed by atoms with Gasteiger partial charge in [0.05, 0.1) is 19.8 Å². The maximum Gasteiger partial charge on any atom is 0.238 e. The van der Waals surface area contributed by atoms with Crippen molar-refractivity contribution < 1.29 is 14.3 Å². The quantitative estimate of drug-likeness (QED) is 0.803. The molecule has 0 unspecified atom stereocenters. The third kappa shape index (κ3) is 5.62. The van der Waals surface area contributed by atoms with E-state index in [1.165, 1.54) is 0 Å². The molecule has 6 nitrogen and oxygen atoms in total. The molecule has 24 heavy (non-hydrogen) atoms. The molecular formula is C18H27N3O3. The zero-order valence-corrected chi connectivity index (χ0v) is 14.5. The van der Waals surface area contributed by atoms with Gasteiger partial charge >= 0.3 is 0 Å². The third-order valence-corrected chi connectivity index (χ3v) is 4.26. The minimum absolute atomic E-state index is 0.0364. The Morgan fingerprint density at radius 1 is 1.04 bits per heavy atom. The van der Waals surface area contributed by atoms with Crippen molar-refractivity contribution in [2.45, 2.75) is 26.7 Å². The molecule has 0 spiro atoms. The molecule has 1 fully saturated rings. The van der Waals surface area contributed by atoms with Gasteiger partial charge in [-0.15, -0.1) is 0 Å². The van der Waals surface area contributed by atoms with Gasteiger partial charge in [-0.1, -0.05) is 13.8 Å². The zero-order valence-electron chi connectivity index (χ0n) is 14.5. The van der Waals surface area contributed by atoms with Crippen molar-refractivity contribution in [1.82, 2.24) is 4.90 Å². The van der Waals surface area contributed by atoms with E-state index in [4.69, 9.17) is 4.74 Å². The van der Waals surface area contributed by atoms with Crippen molar-refractivity contribution in [3.63, 3.8) is 0 Å². The summed E-state index contributed by atoms with van der Waals surface area (Å²) < 4.78 is 5.27. The maximum atomic E-state index is 12.1. The summed E-state index contributed by atoms with van der Waals surface area (Å²) in [6, 6.07) is 7.23. The maximum absolute atomic E-state index is 12.1. The Bertz CT molecular complexity index is 535. The van der Waals surface area contributed by atoms with Gasteiger partial charge in [-0.3, -0.25) is 14.5 Å². The smallest absolute Gasteiger partial charge is 0.238 e. The molecule has 0 aliphatic carbocycles. The van der Waals surface area contributed by atoms with E-state index in [2.05, 4.69) is 15.5 Å². The number of carbonyl (C=O) groups is 2.